The lowest BCUT2D eigenvalue weighted by Crippen LogP contribution is -2.33. The molecule has 0 radical (unpaired) electrons. The summed E-state index contributed by atoms with van der Waals surface area (Å²) in [6.07, 6.45) is 0. The van der Waals surface area contributed by atoms with E-state index in [9.17, 15) is 0 Å². The second kappa shape index (κ2) is 4.40. The Morgan fingerprint density at radius 3 is 2.92 bits per heavy atom. The Morgan fingerprint density at radius 1 is 1.54 bits per heavy atom. The van der Waals surface area contributed by atoms with Crippen LogP contribution < -0.4 is 5.32 Å². The zero-order valence-corrected chi connectivity index (χ0v) is 10.8. The summed E-state index contributed by atoms with van der Waals surface area (Å²) in [6.45, 7) is 2.54. The summed E-state index contributed by atoms with van der Waals surface area (Å²) in [5, 5.41) is 3.42. The van der Waals surface area contributed by atoms with Crippen molar-refractivity contribution >= 4 is 43.2 Å². The SMILES string of the molecule is Brc1cc([C@@H]2COCCN2)sc1Br. The smallest absolute Gasteiger partial charge is 0.0843 e. The third-order valence-electron chi connectivity index (χ3n) is 1.93. The molecule has 1 aliphatic heterocycles. The molecule has 0 unspecified atom stereocenters. The molecule has 72 valence electrons. The average Bonchev–Trinajstić information content (AvgIpc) is 2.49. The van der Waals surface area contributed by atoms with Crippen LogP contribution in [0.2, 0.25) is 0 Å². The molecule has 1 aromatic heterocycles. The van der Waals surface area contributed by atoms with E-state index >= 15 is 0 Å². The van der Waals surface area contributed by atoms with Gasteiger partial charge in [-0.15, -0.1) is 11.3 Å². The van der Waals surface area contributed by atoms with Crippen LogP contribution in [0, 0.1) is 0 Å². The van der Waals surface area contributed by atoms with E-state index in [1.165, 1.54) is 4.88 Å². The second-order valence-corrected chi connectivity index (χ2v) is 6.11. The highest BCUT2D eigenvalue weighted by Crippen LogP contribution is 2.35. The lowest BCUT2D eigenvalue weighted by Gasteiger charge is -2.22. The molecule has 0 amide bonds. The summed E-state index contributed by atoms with van der Waals surface area (Å²) in [5.74, 6) is 0. The molecule has 5 heteroatoms. The monoisotopic (exact) mass is 325 g/mol. The van der Waals surface area contributed by atoms with Gasteiger partial charge < -0.3 is 10.1 Å². The molecule has 1 atom stereocenters. The van der Waals surface area contributed by atoms with Gasteiger partial charge in [-0.25, -0.2) is 0 Å². The first-order chi connectivity index (χ1) is 6.27. The molecule has 2 rings (SSSR count). The predicted octanol–water partition coefficient (Wildman–Crippen LogP) is 2.93. The quantitative estimate of drug-likeness (QED) is 0.856. The lowest BCUT2D eigenvalue weighted by molar-refractivity contribution is 0.0779. The van der Waals surface area contributed by atoms with Crippen molar-refractivity contribution < 1.29 is 4.74 Å². The van der Waals surface area contributed by atoms with Gasteiger partial charge in [-0.2, -0.15) is 0 Å². The van der Waals surface area contributed by atoms with Crippen LogP contribution in [0.3, 0.4) is 0 Å². The van der Waals surface area contributed by atoms with Gasteiger partial charge in [0.15, 0.2) is 0 Å². The third-order valence-corrected chi connectivity index (χ3v) is 5.30. The van der Waals surface area contributed by atoms with Crippen LogP contribution in [0.4, 0.5) is 0 Å². The molecule has 0 bridgehead atoms. The molecular weight excluding hydrogens is 318 g/mol. The minimum Gasteiger partial charge on any atom is -0.378 e. The number of thiophene rings is 1. The van der Waals surface area contributed by atoms with Crippen molar-refractivity contribution in [2.24, 2.45) is 0 Å². The van der Waals surface area contributed by atoms with E-state index in [0.717, 1.165) is 28.0 Å². The summed E-state index contributed by atoms with van der Waals surface area (Å²) < 4.78 is 7.67. The fourth-order valence-electron chi connectivity index (χ4n) is 1.28. The Bertz CT molecular complexity index is 277. The van der Waals surface area contributed by atoms with Gasteiger partial charge in [0.25, 0.3) is 0 Å². The molecule has 13 heavy (non-hydrogen) atoms. The minimum absolute atomic E-state index is 0.362. The molecule has 1 saturated heterocycles. The van der Waals surface area contributed by atoms with Crippen LogP contribution in [-0.2, 0) is 4.74 Å². The number of hydrogen-bond donors (Lipinski definition) is 1. The van der Waals surface area contributed by atoms with E-state index in [1.54, 1.807) is 11.3 Å². The molecule has 0 spiro atoms. The Labute approximate surface area is 97.9 Å². The van der Waals surface area contributed by atoms with E-state index in [4.69, 9.17) is 4.74 Å². The normalized spacial score (nSPS) is 23.4. The van der Waals surface area contributed by atoms with Gasteiger partial charge in [0, 0.05) is 15.9 Å². The third kappa shape index (κ3) is 2.33. The largest absolute Gasteiger partial charge is 0.378 e. The van der Waals surface area contributed by atoms with Crippen molar-refractivity contribution in [3.8, 4) is 0 Å². The van der Waals surface area contributed by atoms with Crippen LogP contribution in [-0.4, -0.2) is 19.8 Å². The van der Waals surface area contributed by atoms with Crippen molar-refractivity contribution in [3.05, 3.63) is 19.2 Å². The number of ether oxygens (including phenoxy) is 1. The minimum atomic E-state index is 0.362. The van der Waals surface area contributed by atoms with E-state index in [1.807, 2.05) is 0 Å². The van der Waals surface area contributed by atoms with Crippen molar-refractivity contribution in [3.63, 3.8) is 0 Å². The number of halogens is 2. The first kappa shape index (κ1) is 10.1. The average molecular weight is 327 g/mol. The Hall–Kier alpha value is 0.580. The van der Waals surface area contributed by atoms with Gasteiger partial charge in [-0.05, 0) is 37.9 Å². The molecule has 1 N–H and O–H groups in total. The number of hydrogen-bond acceptors (Lipinski definition) is 3. The maximum atomic E-state index is 5.40. The molecule has 0 aliphatic carbocycles. The number of morpholine rings is 1. The summed E-state index contributed by atoms with van der Waals surface area (Å²) in [4.78, 5) is 1.32. The Balaban J connectivity index is 2.14. The molecule has 1 aromatic rings. The standard InChI is InChI=1S/C8H9Br2NOS/c9-5-3-7(13-8(5)10)6-4-12-2-1-11-6/h3,6,11H,1-2,4H2/t6-/m0/s1. The van der Waals surface area contributed by atoms with Gasteiger partial charge in [-0.3, -0.25) is 0 Å². The zero-order valence-electron chi connectivity index (χ0n) is 6.85. The van der Waals surface area contributed by atoms with Crippen LogP contribution >= 0.6 is 43.2 Å². The highest BCUT2D eigenvalue weighted by molar-refractivity contribution is 9.13. The van der Waals surface area contributed by atoms with Gasteiger partial charge >= 0.3 is 0 Å². The molecule has 2 nitrogen and oxygen atoms in total. The van der Waals surface area contributed by atoms with Crippen molar-refractivity contribution in [1.29, 1.82) is 0 Å². The Morgan fingerprint density at radius 2 is 2.38 bits per heavy atom. The maximum absolute atomic E-state index is 5.40. The molecule has 2 heterocycles. The van der Waals surface area contributed by atoms with E-state index in [0.29, 0.717) is 6.04 Å². The first-order valence-electron chi connectivity index (χ1n) is 4.03. The maximum Gasteiger partial charge on any atom is 0.0843 e. The molecular formula is C8H9Br2NOS. The van der Waals surface area contributed by atoms with Gasteiger partial charge in [-0.1, -0.05) is 0 Å². The van der Waals surface area contributed by atoms with Crippen LogP contribution in [0.15, 0.2) is 14.3 Å². The van der Waals surface area contributed by atoms with Crippen molar-refractivity contribution in [1.82, 2.24) is 5.32 Å². The Kier molecular flexibility index (Phi) is 3.42. The van der Waals surface area contributed by atoms with Crippen LogP contribution in [0.25, 0.3) is 0 Å². The first-order valence-corrected chi connectivity index (χ1v) is 6.43. The highest BCUT2D eigenvalue weighted by atomic mass is 79.9. The highest BCUT2D eigenvalue weighted by Gasteiger charge is 2.18. The molecule has 1 aliphatic rings. The summed E-state index contributed by atoms with van der Waals surface area (Å²) in [7, 11) is 0. The van der Waals surface area contributed by atoms with Gasteiger partial charge in [0.2, 0.25) is 0 Å². The summed E-state index contributed by atoms with van der Waals surface area (Å²) in [6, 6.07) is 2.50. The molecule has 1 fully saturated rings. The lowest BCUT2D eigenvalue weighted by atomic mass is 10.2. The fourth-order valence-corrected chi connectivity index (χ4v) is 3.43. The van der Waals surface area contributed by atoms with Gasteiger partial charge in [0.1, 0.15) is 0 Å². The van der Waals surface area contributed by atoms with Gasteiger partial charge in [0.05, 0.1) is 23.0 Å². The number of rotatable bonds is 1. The van der Waals surface area contributed by atoms with Crippen LogP contribution in [0.1, 0.15) is 10.9 Å². The topological polar surface area (TPSA) is 21.3 Å². The predicted molar refractivity (Wildman–Crippen MR) is 61.3 cm³/mol. The summed E-state index contributed by atoms with van der Waals surface area (Å²) in [5.41, 5.74) is 0. The second-order valence-electron chi connectivity index (χ2n) is 2.85. The fraction of sp³-hybridized carbons (Fsp3) is 0.500. The number of nitrogens with one attached hydrogen (secondary N) is 1. The van der Waals surface area contributed by atoms with E-state index < -0.39 is 0 Å². The zero-order chi connectivity index (χ0) is 9.26. The van der Waals surface area contributed by atoms with Crippen molar-refractivity contribution in [2.75, 3.05) is 19.8 Å². The molecule has 0 aromatic carbocycles. The summed E-state index contributed by atoms with van der Waals surface area (Å²) >= 11 is 8.71. The van der Waals surface area contributed by atoms with Crippen molar-refractivity contribution in [2.45, 2.75) is 6.04 Å². The van der Waals surface area contributed by atoms with E-state index in [2.05, 4.69) is 43.2 Å². The van der Waals surface area contributed by atoms with Crippen LogP contribution in [0.5, 0.6) is 0 Å². The van der Waals surface area contributed by atoms with E-state index in [-0.39, 0.29) is 0 Å². The molecule has 0 saturated carbocycles.